The second-order valence-electron chi connectivity index (χ2n) is 4.55. The summed E-state index contributed by atoms with van der Waals surface area (Å²) in [5, 5.41) is 13.2. The second kappa shape index (κ2) is 5.50. The van der Waals surface area contributed by atoms with Crippen molar-refractivity contribution in [1.29, 1.82) is 0 Å². The van der Waals surface area contributed by atoms with Crippen molar-refractivity contribution in [1.82, 2.24) is 5.32 Å². The molecule has 1 aromatic rings. The summed E-state index contributed by atoms with van der Waals surface area (Å²) >= 11 is 7.55. The fourth-order valence-electron chi connectivity index (χ4n) is 2.31. The highest BCUT2D eigenvalue weighted by molar-refractivity contribution is 7.16. The molecule has 1 heterocycles. The molecule has 4 heteroatoms. The zero-order valence-electron chi connectivity index (χ0n) is 9.45. The zero-order valence-corrected chi connectivity index (χ0v) is 11.0. The van der Waals surface area contributed by atoms with Gasteiger partial charge in [-0.3, -0.25) is 0 Å². The number of aliphatic hydroxyl groups is 1. The molecule has 2 N–H and O–H groups in total. The first-order valence-electron chi connectivity index (χ1n) is 5.84. The van der Waals surface area contributed by atoms with Crippen LogP contribution < -0.4 is 5.32 Å². The van der Waals surface area contributed by atoms with E-state index in [0.29, 0.717) is 12.1 Å². The van der Waals surface area contributed by atoms with Gasteiger partial charge in [-0.1, -0.05) is 11.6 Å². The van der Waals surface area contributed by atoms with Crippen molar-refractivity contribution in [2.75, 3.05) is 0 Å². The lowest BCUT2D eigenvalue weighted by atomic mass is 9.92. The van der Waals surface area contributed by atoms with Crippen LogP contribution >= 0.6 is 22.9 Å². The van der Waals surface area contributed by atoms with Crippen LogP contribution in [0.15, 0.2) is 12.1 Å². The molecule has 0 bridgehead atoms. The third-order valence-corrected chi connectivity index (χ3v) is 4.57. The molecule has 1 fully saturated rings. The Balaban J connectivity index is 1.89. The van der Waals surface area contributed by atoms with Crippen molar-refractivity contribution < 1.29 is 5.11 Å². The summed E-state index contributed by atoms with van der Waals surface area (Å²) < 4.78 is 0.840. The van der Waals surface area contributed by atoms with Crippen LogP contribution in [0.1, 0.15) is 43.5 Å². The molecule has 16 heavy (non-hydrogen) atoms. The number of hydrogen-bond acceptors (Lipinski definition) is 3. The van der Waals surface area contributed by atoms with E-state index in [2.05, 4.69) is 18.3 Å². The fraction of sp³-hybridized carbons (Fsp3) is 0.667. The SMILES string of the molecule is CC(NC1CCCC(O)C1)c1ccc(Cl)s1. The van der Waals surface area contributed by atoms with E-state index in [4.69, 9.17) is 11.6 Å². The number of rotatable bonds is 3. The summed E-state index contributed by atoms with van der Waals surface area (Å²) in [6, 6.07) is 4.78. The number of halogens is 1. The lowest BCUT2D eigenvalue weighted by molar-refractivity contribution is 0.109. The van der Waals surface area contributed by atoms with Crippen LogP contribution in [0.5, 0.6) is 0 Å². The molecule has 0 saturated heterocycles. The molecule has 2 nitrogen and oxygen atoms in total. The maximum Gasteiger partial charge on any atom is 0.0931 e. The third-order valence-electron chi connectivity index (χ3n) is 3.15. The van der Waals surface area contributed by atoms with Crippen LogP contribution in [0.2, 0.25) is 4.34 Å². The van der Waals surface area contributed by atoms with Gasteiger partial charge in [-0.25, -0.2) is 0 Å². The fourth-order valence-corrected chi connectivity index (χ4v) is 3.38. The van der Waals surface area contributed by atoms with Crippen LogP contribution in [-0.2, 0) is 0 Å². The Morgan fingerprint density at radius 3 is 2.94 bits per heavy atom. The first-order chi connectivity index (χ1) is 7.65. The molecule has 0 aliphatic heterocycles. The van der Waals surface area contributed by atoms with Gasteiger partial charge in [0.05, 0.1) is 10.4 Å². The molecule has 0 aromatic carbocycles. The summed E-state index contributed by atoms with van der Waals surface area (Å²) in [7, 11) is 0. The lowest BCUT2D eigenvalue weighted by Crippen LogP contribution is -2.37. The minimum atomic E-state index is -0.120. The summed E-state index contributed by atoms with van der Waals surface area (Å²) in [4.78, 5) is 1.27. The molecule has 3 unspecified atom stereocenters. The van der Waals surface area contributed by atoms with Crippen molar-refractivity contribution in [3.63, 3.8) is 0 Å². The van der Waals surface area contributed by atoms with Crippen LogP contribution in [0, 0.1) is 0 Å². The van der Waals surface area contributed by atoms with Gasteiger partial charge in [0.15, 0.2) is 0 Å². The first kappa shape index (κ1) is 12.4. The minimum Gasteiger partial charge on any atom is -0.393 e. The van der Waals surface area contributed by atoms with Crippen molar-refractivity contribution in [3.05, 3.63) is 21.3 Å². The molecule has 3 atom stereocenters. The van der Waals surface area contributed by atoms with Gasteiger partial charge in [-0.2, -0.15) is 0 Å². The Hall–Kier alpha value is -0.0900. The molecule has 1 saturated carbocycles. The third kappa shape index (κ3) is 3.20. The highest BCUT2D eigenvalue weighted by Crippen LogP contribution is 2.28. The summed E-state index contributed by atoms with van der Waals surface area (Å²) in [5.41, 5.74) is 0. The van der Waals surface area contributed by atoms with Crippen LogP contribution in [0.25, 0.3) is 0 Å². The molecule has 1 aliphatic carbocycles. The standard InChI is InChI=1S/C12H18ClNOS/c1-8(11-5-6-12(13)16-11)14-9-3-2-4-10(15)7-9/h5-6,8-10,14-15H,2-4,7H2,1H3. The predicted molar refractivity (Wildman–Crippen MR) is 69.1 cm³/mol. The summed E-state index contributed by atoms with van der Waals surface area (Å²) in [6.45, 7) is 2.16. The average molecular weight is 260 g/mol. The second-order valence-corrected chi connectivity index (χ2v) is 6.29. The van der Waals surface area contributed by atoms with Gasteiger partial charge in [0.2, 0.25) is 0 Å². The largest absolute Gasteiger partial charge is 0.393 e. The van der Waals surface area contributed by atoms with Gasteiger partial charge in [0.25, 0.3) is 0 Å². The van der Waals surface area contributed by atoms with E-state index in [-0.39, 0.29) is 6.10 Å². The van der Waals surface area contributed by atoms with Crippen LogP contribution in [0.3, 0.4) is 0 Å². The van der Waals surface area contributed by atoms with Gasteiger partial charge in [-0.15, -0.1) is 11.3 Å². The summed E-state index contributed by atoms with van der Waals surface area (Å²) in [6.07, 6.45) is 4.00. The minimum absolute atomic E-state index is 0.120. The van der Waals surface area contributed by atoms with Gasteiger partial charge in [0, 0.05) is 17.0 Å². The summed E-state index contributed by atoms with van der Waals surface area (Å²) in [5.74, 6) is 0. The topological polar surface area (TPSA) is 32.3 Å². The van der Waals surface area contributed by atoms with Crippen molar-refractivity contribution >= 4 is 22.9 Å². The monoisotopic (exact) mass is 259 g/mol. The van der Waals surface area contributed by atoms with E-state index in [1.54, 1.807) is 11.3 Å². The molecular formula is C12H18ClNOS. The number of hydrogen-bond donors (Lipinski definition) is 2. The smallest absolute Gasteiger partial charge is 0.0931 e. The van der Waals surface area contributed by atoms with Crippen molar-refractivity contribution in [3.8, 4) is 0 Å². The van der Waals surface area contributed by atoms with E-state index >= 15 is 0 Å². The Kier molecular flexibility index (Phi) is 4.25. The number of thiophene rings is 1. The highest BCUT2D eigenvalue weighted by Gasteiger charge is 2.22. The van der Waals surface area contributed by atoms with E-state index < -0.39 is 0 Å². The predicted octanol–water partition coefficient (Wildman–Crippen LogP) is 3.36. The van der Waals surface area contributed by atoms with Gasteiger partial charge in [0.1, 0.15) is 0 Å². The number of aliphatic hydroxyl groups excluding tert-OH is 1. The molecule has 0 radical (unpaired) electrons. The lowest BCUT2D eigenvalue weighted by Gasteiger charge is -2.29. The molecule has 2 rings (SSSR count). The van der Waals surface area contributed by atoms with E-state index in [1.807, 2.05) is 6.07 Å². The van der Waals surface area contributed by atoms with E-state index in [0.717, 1.165) is 23.6 Å². The van der Waals surface area contributed by atoms with Crippen molar-refractivity contribution in [2.45, 2.75) is 50.8 Å². The molecule has 1 aliphatic rings. The van der Waals surface area contributed by atoms with Crippen molar-refractivity contribution in [2.24, 2.45) is 0 Å². The molecule has 0 amide bonds. The van der Waals surface area contributed by atoms with Gasteiger partial charge >= 0.3 is 0 Å². The van der Waals surface area contributed by atoms with E-state index in [1.165, 1.54) is 11.3 Å². The Morgan fingerprint density at radius 1 is 1.50 bits per heavy atom. The van der Waals surface area contributed by atoms with Crippen LogP contribution in [0.4, 0.5) is 0 Å². The van der Waals surface area contributed by atoms with Crippen LogP contribution in [-0.4, -0.2) is 17.3 Å². The number of nitrogens with one attached hydrogen (secondary N) is 1. The Morgan fingerprint density at radius 2 is 2.31 bits per heavy atom. The quantitative estimate of drug-likeness (QED) is 0.873. The van der Waals surface area contributed by atoms with E-state index in [9.17, 15) is 5.11 Å². The maximum atomic E-state index is 9.61. The molecule has 1 aromatic heterocycles. The molecular weight excluding hydrogens is 242 g/mol. The normalized spacial score (nSPS) is 27.9. The van der Waals surface area contributed by atoms with Gasteiger partial charge in [-0.05, 0) is 44.7 Å². The maximum absolute atomic E-state index is 9.61. The van der Waals surface area contributed by atoms with Gasteiger partial charge < -0.3 is 10.4 Å². The average Bonchev–Trinajstić information content (AvgIpc) is 2.65. The Bertz CT molecular complexity index is 342. The molecule has 0 spiro atoms. The zero-order chi connectivity index (χ0) is 11.5. The first-order valence-corrected chi connectivity index (χ1v) is 7.04. The Labute approximate surface area is 106 Å². The molecule has 90 valence electrons. The highest BCUT2D eigenvalue weighted by atomic mass is 35.5.